The fourth-order valence-corrected chi connectivity index (χ4v) is 4.62. The van der Waals surface area contributed by atoms with Crippen molar-refractivity contribution in [3.63, 3.8) is 0 Å². The van der Waals surface area contributed by atoms with Crippen molar-refractivity contribution in [2.45, 2.75) is 27.2 Å². The molecule has 5 heteroatoms. The fourth-order valence-electron chi connectivity index (χ4n) is 4.62. The van der Waals surface area contributed by atoms with E-state index in [1.807, 2.05) is 80.6 Å². The summed E-state index contributed by atoms with van der Waals surface area (Å²) in [5, 5.41) is 6.03. The van der Waals surface area contributed by atoms with Gasteiger partial charge in [-0.15, -0.1) is 0 Å². The van der Waals surface area contributed by atoms with E-state index in [1.54, 1.807) is 0 Å². The van der Waals surface area contributed by atoms with Gasteiger partial charge in [-0.2, -0.15) is 0 Å². The zero-order valence-corrected chi connectivity index (χ0v) is 20.5. The van der Waals surface area contributed by atoms with Crippen molar-refractivity contribution < 1.29 is 14.4 Å². The lowest BCUT2D eigenvalue weighted by molar-refractivity contribution is -0.140. The molecule has 0 aliphatic carbocycles. The number of fused-ring (bicyclic) bond motifs is 3. The Kier molecular flexibility index (Phi) is 6.21. The molecule has 5 aromatic rings. The van der Waals surface area contributed by atoms with Crippen LogP contribution in [0.4, 0.5) is 0 Å². The topological polar surface area (TPSA) is 60.7 Å². The lowest BCUT2D eigenvalue weighted by Gasteiger charge is -2.09. The van der Waals surface area contributed by atoms with Gasteiger partial charge in [-0.3, -0.25) is 4.79 Å². The van der Waals surface area contributed by atoms with Crippen molar-refractivity contribution in [1.82, 2.24) is 4.57 Å². The fraction of sp³-hybridized carbons (Fsp3) is 0.129. The summed E-state index contributed by atoms with van der Waals surface area (Å²) < 4.78 is 2.20. The molecule has 4 aromatic carbocycles. The molecule has 178 valence electrons. The summed E-state index contributed by atoms with van der Waals surface area (Å²) in [5.74, 6) is -0.459. The van der Waals surface area contributed by atoms with Crippen molar-refractivity contribution in [3.8, 4) is 5.69 Å². The average Bonchev–Trinajstić information content (AvgIpc) is 3.22. The Morgan fingerprint density at radius 1 is 0.806 bits per heavy atom. The summed E-state index contributed by atoms with van der Waals surface area (Å²) >= 11 is 0. The third-order valence-electron chi connectivity index (χ3n) is 6.38. The van der Waals surface area contributed by atoms with Crippen LogP contribution in [0.25, 0.3) is 27.5 Å². The standard InChI is InChI=1S/C31H26N2O3/c1-4-28(32-36-21(3)34)22-14-16-29-26(18-22)27-19-23(31(35)25-13-9-8-10-20(25)2)15-17-30(27)33(29)24-11-6-5-7-12-24/h5-19H,4H2,1-3H3/b32-28+. The number of oxime groups is 1. The van der Waals surface area contributed by atoms with Gasteiger partial charge in [0.15, 0.2) is 5.78 Å². The van der Waals surface area contributed by atoms with Crippen LogP contribution < -0.4 is 0 Å². The first kappa shape index (κ1) is 23.2. The smallest absolute Gasteiger partial charge is 0.318 e. The molecule has 0 amide bonds. The maximum absolute atomic E-state index is 13.4. The number of hydrogen-bond acceptors (Lipinski definition) is 4. The number of carbonyl (C=O) groups is 2. The number of aryl methyl sites for hydroxylation is 1. The molecule has 0 atom stereocenters. The van der Waals surface area contributed by atoms with Gasteiger partial charge in [-0.1, -0.05) is 60.6 Å². The van der Waals surface area contributed by atoms with Crippen molar-refractivity contribution in [2.24, 2.45) is 5.16 Å². The van der Waals surface area contributed by atoms with Crippen LogP contribution in [0.5, 0.6) is 0 Å². The molecule has 0 fully saturated rings. The minimum Gasteiger partial charge on any atom is -0.318 e. The van der Waals surface area contributed by atoms with Gasteiger partial charge >= 0.3 is 5.97 Å². The average molecular weight is 475 g/mol. The molecule has 0 aliphatic heterocycles. The molecule has 0 N–H and O–H groups in total. The molecule has 1 heterocycles. The van der Waals surface area contributed by atoms with E-state index in [0.717, 1.165) is 38.6 Å². The largest absolute Gasteiger partial charge is 0.331 e. The van der Waals surface area contributed by atoms with Crippen LogP contribution in [0.3, 0.4) is 0 Å². The maximum atomic E-state index is 13.4. The van der Waals surface area contributed by atoms with Crippen LogP contribution in [0, 0.1) is 6.92 Å². The van der Waals surface area contributed by atoms with E-state index in [0.29, 0.717) is 23.3 Å². The number of carbonyl (C=O) groups excluding carboxylic acids is 2. The monoisotopic (exact) mass is 474 g/mol. The van der Waals surface area contributed by atoms with Gasteiger partial charge in [0.1, 0.15) is 0 Å². The summed E-state index contributed by atoms with van der Waals surface area (Å²) in [7, 11) is 0. The maximum Gasteiger partial charge on any atom is 0.331 e. The second kappa shape index (κ2) is 9.62. The van der Waals surface area contributed by atoms with Crippen LogP contribution in [-0.4, -0.2) is 22.0 Å². The van der Waals surface area contributed by atoms with E-state index in [1.165, 1.54) is 6.92 Å². The van der Waals surface area contributed by atoms with Crippen LogP contribution in [0.2, 0.25) is 0 Å². The third-order valence-corrected chi connectivity index (χ3v) is 6.38. The Hall–Kier alpha value is -4.51. The van der Waals surface area contributed by atoms with Crippen LogP contribution in [-0.2, 0) is 9.63 Å². The Morgan fingerprint density at radius 3 is 2.06 bits per heavy atom. The molecule has 0 saturated heterocycles. The van der Waals surface area contributed by atoms with Gasteiger partial charge in [0.05, 0.1) is 16.7 Å². The minimum absolute atomic E-state index is 0.00238. The number of nitrogens with zero attached hydrogens (tertiary/aromatic N) is 2. The third kappa shape index (κ3) is 4.20. The van der Waals surface area contributed by atoms with Gasteiger partial charge in [0.2, 0.25) is 0 Å². The molecule has 5 nitrogen and oxygen atoms in total. The quantitative estimate of drug-likeness (QED) is 0.115. The Labute approximate surface area is 209 Å². The zero-order valence-electron chi connectivity index (χ0n) is 20.5. The van der Waals surface area contributed by atoms with Gasteiger partial charge in [0, 0.05) is 40.1 Å². The van der Waals surface area contributed by atoms with Crippen molar-refractivity contribution in [1.29, 1.82) is 0 Å². The number of hydrogen-bond donors (Lipinski definition) is 0. The number of para-hydroxylation sites is 1. The highest BCUT2D eigenvalue weighted by Crippen LogP contribution is 2.34. The second-order valence-electron chi connectivity index (χ2n) is 8.75. The predicted molar refractivity (Wildman–Crippen MR) is 144 cm³/mol. The highest BCUT2D eigenvalue weighted by atomic mass is 16.7. The summed E-state index contributed by atoms with van der Waals surface area (Å²) in [5.41, 5.74) is 6.89. The van der Waals surface area contributed by atoms with Gasteiger partial charge in [0.25, 0.3) is 0 Å². The van der Waals surface area contributed by atoms with E-state index < -0.39 is 5.97 Å². The van der Waals surface area contributed by atoms with E-state index >= 15 is 0 Å². The molecule has 1 aromatic heterocycles. The Morgan fingerprint density at radius 2 is 1.42 bits per heavy atom. The molecule has 0 radical (unpaired) electrons. The number of rotatable bonds is 6. The molecule has 0 spiro atoms. The molecule has 36 heavy (non-hydrogen) atoms. The van der Waals surface area contributed by atoms with Gasteiger partial charge in [-0.05, 0) is 61.4 Å². The van der Waals surface area contributed by atoms with Gasteiger partial charge in [-0.25, -0.2) is 4.79 Å². The molecule has 0 unspecified atom stereocenters. The predicted octanol–water partition coefficient (Wildman–Crippen LogP) is 7.00. The van der Waals surface area contributed by atoms with Crippen molar-refractivity contribution in [3.05, 3.63) is 113 Å². The molecule has 5 rings (SSSR count). The van der Waals surface area contributed by atoms with E-state index in [2.05, 4.69) is 34.0 Å². The molecule has 0 bridgehead atoms. The molecule has 0 saturated carbocycles. The first-order chi connectivity index (χ1) is 17.5. The van der Waals surface area contributed by atoms with Gasteiger partial charge < -0.3 is 9.40 Å². The summed E-state index contributed by atoms with van der Waals surface area (Å²) in [6.45, 7) is 5.26. The highest BCUT2D eigenvalue weighted by molar-refractivity contribution is 6.16. The highest BCUT2D eigenvalue weighted by Gasteiger charge is 2.18. The van der Waals surface area contributed by atoms with Crippen molar-refractivity contribution >= 4 is 39.3 Å². The van der Waals surface area contributed by atoms with E-state index in [-0.39, 0.29) is 5.78 Å². The van der Waals surface area contributed by atoms with Crippen LogP contribution in [0.15, 0.2) is 96.2 Å². The molecular formula is C31H26N2O3. The molecule has 0 aliphatic rings. The van der Waals surface area contributed by atoms with Crippen LogP contribution >= 0.6 is 0 Å². The lowest BCUT2D eigenvalue weighted by atomic mass is 9.97. The lowest BCUT2D eigenvalue weighted by Crippen LogP contribution is -2.03. The van der Waals surface area contributed by atoms with E-state index in [4.69, 9.17) is 4.84 Å². The first-order valence-electron chi connectivity index (χ1n) is 12.0. The Bertz CT molecular complexity index is 1650. The number of benzene rings is 4. The second-order valence-corrected chi connectivity index (χ2v) is 8.75. The summed E-state index contributed by atoms with van der Waals surface area (Å²) in [6.07, 6.45) is 0.604. The normalized spacial score (nSPS) is 11.7. The summed E-state index contributed by atoms with van der Waals surface area (Å²) in [4.78, 5) is 29.7. The van der Waals surface area contributed by atoms with Crippen LogP contribution in [0.1, 0.15) is 47.3 Å². The van der Waals surface area contributed by atoms with Crippen molar-refractivity contribution in [2.75, 3.05) is 0 Å². The first-order valence-corrected chi connectivity index (χ1v) is 12.0. The zero-order chi connectivity index (χ0) is 25.2. The SMILES string of the molecule is CC/C(=N\OC(C)=O)c1ccc2c(c1)c1cc(C(=O)c3ccccc3C)ccc1n2-c1ccccc1. The Balaban J connectivity index is 1.75. The number of aromatic nitrogens is 1. The minimum atomic E-state index is -0.456. The number of ketones is 1. The molecular weight excluding hydrogens is 448 g/mol. The van der Waals surface area contributed by atoms with E-state index in [9.17, 15) is 9.59 Å². The summed E-state index contributed by atoms with van der Waals surface area (Å²) in [6, 6.07) is 29.8.